The molecule has 2 N–H and O–H groups in total. The third-order valence-electron chi connectivity index (χ3n) is 4.62. The number of carbonyl (C=O) groups excluding carboxylic acids is 2. The zero-order valence-corrected chi connectivity index (χ0v) is 17.4. The number of thiophene rings is 1. The highest BCUT2D eigenvalue weighted by molar-refractivity contribution is 7.20. The van der Waals surface area contributed by atoms with Gasteiger partial charge in [-0.25, -0.2) is 9.97 Å². The van der Waals surface area contributed by atoms with Crippen molar-refractivity contribution in [2.45, 2.75) is 40.5 Å². The highest BCUT2D eigenvalue weighted by Crippen LogP contribution is 2.31. The van der Waals surface area contributed by atoms with Crippen LogP contribution in [0.2, 0.25) is 0 Å². The van der Waals surface area contributed by atoms with Gasteiger partial charge in [0, 0.05) is 23.2 Å². The molecular formula is C21H24N4O2S. The number of carbonyl (C=O) groups is 2. The van der Waals surface area contributed by atoms with Crippen LogP contribution in [0.25, 0.3) is 10.2 Å². The maximum absolute atomic E-state index is 12.7. The maximum Gasteiger partial charge on any atom is 0.262 e. The van der Waals surface area contributed by atoms with Gasteiger partial charge in [0.1, 0.15) is 10.7 Å². The number of fused-ring (bicyclic) bond motifs is 1. The van der Waals surface area contributed by atoms with Crippen molar-refractivity contribution in [1.82, 2.24) is 15.3 Å². The van der Waals surface area contributed by atoms with Crippen LogP contribution in [0.3, 0.4) is 0 Å². The summed E-state index contributed by atoms with van der Waals surface area (Å²) in [6, 6.07) is 7.65. The molecule has 0 aliphatic rings. The van der Waals surface area contributed by atoms with E-state index in [0.717, 1.165) is 51.4 Å². The first-order chi connectivity index (χ1) is 13.4. The van der Waals surface area contributed by atoms with E-state index in [9.17, 15) is 9.59 Å². The summed E-state index contributed by atoms with van der Waals surface area (Å²) in [5.74, 6) is 0.251. The number of anilines is 1. The Morgan fingerprint density at radius 1 is 1.07 bits per heavy atom. The average Bonchev–Trinajstić information content (AvgIpc) is 3.03. The third kappa shape index (κ3) is 4.04. The molecule has 6 nitrogen and oxygen atoms in total. The van der Waals surface area contributed by atoms with Gasteiger partial charge in [-0.2, -0.15) is 0 Å². The molecule has 0 bridgehead atoms. The summed E-state index contributed by atoms with van der Waals surface area (Å²) in [6.07, 6.45) is 1.57. The molecule has 0 aliphatic heterocycles. The van der Waals surface area contributed by atoms with Crippen molar-refractivity contribution in [2.24, 2.45) is 0 Å². The van der Waals surface area contributed by atoms with Crippen molar-refractivity contribution in [3.05, 3.63) is 51.8 Å². The van der Waals surface area contributed by atoms with Crippen molar-refractivity contribution in [3.8, 4) is 0 Å². The molecule has 28 heavy (non-hydrogen) atoms. The fourth-order valence-corrected chi connectivity index (χ4v) is 4.32. The van der Waals surface area contributed by atoms with Gasteiger partial charge in [-0.3, -0.25) is 9.59 Å². The molecule has 3 rings (SSSR count). The lowest BCUT2D eigenvalue weighted by Crippen LogP contribution is -2.32. The van der Waals surface area contributed by atoms with Gasteiger partial charge >= 0.3 is 0 Å². The molecule has 0 aliphatic carbocycles. The quantitative estimate of drug-likeness (QED) is 0.664. The Labute approximate surface area is 168 Å². The molecule has 1 aromatic carbocycles. The van der Waals surface area contributed by atoms with Crippen molar-refractivity contribution in [1.29, 1.82) is 0 Å². The molecule has 2 heterocycles. The summed E-state index contributed by atoms with van der Waals surface area (Å²) in [5, 5.41) is 6.50. The highest BCUT2D eigenvalue weighted by Gasteiger charge is 2.19. The van der Waals surface area contributed by atoms with E-state index < -0.39 is 0 Å². The van der Waals surface area contributed by atoms with Crippen LogP contribution in [-0.4, -0.2) is 28.3 Å². The number of amides is 2. The second-order valence-electron chi connectivity index (χ2n) is 6.56. The van der Waals surface area contributed by atoms with Crippen LogP contribution in [-0.2, 0) is 17.6 Å². The molecule has 0 fully saturated rings. The summed E-state index contributed by atoms with van der Waals surface area (Å²) >= 11 is 1.34. The van der Waals surface area contributed by atoms with Gasteiger partial charge in [-0.15, -0.1) is 11.3 Å². The second-order valence-corrected chi connectivity index (χ2v) is 7.56. The van der Waals surface area contributed by atoms with Crippen molar-refractivity contribution in [2.75, 3.05) is 11.9 Å². The Hall–Kier alpha value is -2.80. The smallest absolute Gasteiger partial charge is 0.262 e. The summed E-state index contributed by atoms with van der Waals surface area (Å²) in [4.78, 5) is 35.3. The van der Waals surface area contributed by atoms with Crippen LogP contribution >= 0.6 is 11.3 Å². The fraction of sp³-hybridized carbons (Fsp3) is 0.333. The SMILES string of the molecule is CCc1nc(C)c2c(C)c(C(=O)NCC(=O)Nc3ccccc3CC)sc2n1. The molecule has 2 aromatic heterocycles. The monoisotopic (exact) mass is 396 g/mol. The molecule has 0 saturated heterocycles. The van der Waals surface area contributed by atoms with E-state index in [4.69, 9.17) is 0 Å². The number of rotatable bonds is 6. The molecule has 3 aromatic rings. The normalized spacial score (nSPS) is 10.9. The highest BCUT2D eigenvalue weighted by atomic mass is 32.1. The fourth-order valence-electron chi connectivity index (χ4n) is 3.16. The zero-order valence-electron chi connectivity index (χ0n) is 16.5. The number of aromatic nitrogens is 2. The average molecular weight is 397 g/mol. The van der Waals surface area contributed by atoms with E-state index >= 15 is 0 Å². The van der Waals surface area contributed by atoms with E-state index in [1.54, 1.807) is 0 Å². The summed E-state index contributed by atoms with van der Waals surface area (Å²) in [7, 11) is 0. The molecule has 0 unspecified atom stereocenters. The number of benzene rings is 1. The number of para-hydroxylation sites is 1. The van der Waals surface area contributed by atoms with Crippen molar-refractivity contribution in [3.63, 3.8) is 0 Å². The van der Waals surface area contributed by atoms with E-state index in [-0.39, 0.29) is 18.4 Å². The Morgan fingerprint density at radius 2 is 1.82 bits per heavy atom. The van der Waals surface area contributed by atoms with E-state index in [1.807, 2.05) is 52.0 Å². The molecule has 0 radical (unpaired) electrons. The number of hydrogen-bond donors (Lipinski definition) is 2. The lowest BCUT2D eigenvalue weighted by atomic mass is 10.1. The van der Waals surface area contributed by atoms with Crippen LogP contribution in [0.15, 0.2) is 24.3 Å². The van der Waals surface area contributed by atoms with E-state index in [1.165, 1.54) is 11.3 Å². The van der Waals surface area contributed by atoms with Crippen LogP contribution in [0.1, 0.15) is 46.2 Å². The minimum atomic E-state index is -0.267. The van der Waals surface area contributed by atoms with Crippen molar-refractivity contribution < 1.29 is 9.59 Å². The Balaban J connectivity index is 1.72. The van der Waals surface area contributed by atoms with Gasteiger partial charge in [-0.1, -0.05) is 32.0 Å². The number of nitrogens with one attached hydrogen (secondary N) is 2. The summed E-state index contributed by atoms with van der Waals surface area (Å²) in [5.41, 5.74) is 3.57. The Bertz CT molecular complexity index is 1040. The molecule has 0 spiro atoms. The molecule has 146 valence electrons. The minimum Gasteiger partial charge on any atom is -0.342 e. The first kappa shape index (κ1) is 19.9. The largest absolute Gasteiger partial charge is 0.342 e. The predicted octanol–water partition coefficient (Wildman–Crippen LogP) is 3.80. The zero-order chi connectivity index (χ0) is 20.3. The van der Waals surface area contributed by atoms with Crippen LogP contribution in [0.5, 0.6) is 0 Å². The lowest BCUT2D eigenvalue weighted by molar-refractivity contribution is -0.115. The Kier molecular flexibility index (Phi) is 6.04. The van der Waals surface area contributed by atoms with Crippen LogP contribution < -0.4 is 10.6 Å². The van der Waals surface area contributed by atoms with Gasteiger partial charge in [0.05, 0.1) is 11.4 Å². The van der Waals surface area contributed by atoms with Crippen molar-refractivity contribution >= 4 is 39.1 Å². The third-order valence-corrected chi connectivity index (χ3v) is 5.81. The first-order valence-electron chi connectivity index (χ1n) is 9.37. The van der Waals surface area contributed by atoms with E-state index in [0.29, 0.717) is 4.88 Å². The molecular weight excluding hydrogens is 372 g/mol. The minimum absolute atomic E-state index is 0.0879. The standard InChI is InChI=1S/C21H24N4O2S/c1-5-14-9-7-8-10-15(14)24-17(26)11-22-20(27)19-12(3)18-13(4)23-16(6-2)25-21(18)28-19/h7-10H,5-6,11H2,1-4H3,(H,22,27)(H,24,26). The number of nitrogens with zero attached hydrogens (tertiary/aromatic N) is 2. The Morgan fingerprint density at radius 3 is 2.54 bits per heavy atom. The number of hydrogen-bond acceptors (Lipinski definition) is 5. The molecule has 7 heteroatoms. The molecule has 0 atom stereocenters. The van der Waals surface area contributed by atoms with Gasteiger partial charge in [-0.05, 0) is 37.5 Å². The van der Waals surface area contributed by atoms with Gasteiger partial charge < -0.3 is 10.6 Å². The summed E-state index contributed by atoms with van der Waals surface area (Å²) < 4.78 is 0. The van der Waals surface area contributed by atoms with Gasteiger partial charge in [0.2, 0.25) is 5.91 Å². The number of aryl methyl sites for hydroxylation is 4. The molecule has 2 amide bonds. The maximum atomic E-state index is 12.7. The van der Waals surface area contributed by atoms with Crippen LogP contribution in [0, 0.1) is 13.8 Å². The molecule has 0 saturated carbocycles. The second kappa shape index (κ2) is 8.48. The predicted molar refractivity (Wildman–Crippen MR) is 113 cm³/mol. The lowest BCUT2D eigenvalue weighted by Gasteiger charge is -2.10. The summed E-state index contributed by atoms with van der Waals surface area (Å²) in [6.45, 7) is 7.78. The first-order valence-corrected chi connectivity index (χ1v) is 10.2. The van der Waals surface area contributed by atoms with Gasteiger partial charge in [0.25, 0.3) is 5.91 Å². The van der Waals surface area contributed by atoms with Gasteiger partial charge in [0.15, 0.2) is 0 Å². The topological polar surface area (TPSA) is 84.0 Å². The van der Waals surface area contributed by atoms with Crippen LogP contribution in [0.4, 0.5) is 5.69 Å². The van der Waals surface area contributed by atoms with E-state index in [2.05, 4.69) is 20.6 Å².